The highest BCUT2D eigenvalue weighted by Gasteiger charge is 2.49. The summed E-state index contributed by atoms with van der Waals surface area (Å²) in [6.45, 7) is 2.16. The molecule has 2 fully saturated rings. The van der Waals surface area contributed by atoms with E-state index in [2.05, 4.69) is 20.8 Å². The maximum absolute atomic E-state index is 13.7. The standard InChI is InChI=1S/C25H29BrN4O6/c1-35-25(33)30-16-20(36-19-9-5-6-17(26)14-19)15-21(23(31)27-34)22(30)24(32)29-12-10-28(11-13-29)18-7-3-2-4-8-18/h2-9,14,20-22,34H,10-13,15-16H2,1H3,(H,27,31)/t20-,21-,22-/m0/s1. The van der Waals surface area contributed by atoms with Gasteiger partial charge in [-0.05, 0) is 30.3 Å². The molecule has 2 aliphatic heterocycles. The minimum Gasteiger partial charge on any atom is -0.489 e. The van der Waals surface area contributed by atoms with Crippen LogP contribution in [-0.4, -0.2) is 84.9 Å². The van der Waals surface area contributed by atoms with Crippen molar-refractivity contribution in [1.29, 1.82) is 0 Å². The molecule has 2 saturated heterocycles. The fourth-order valence-corrected chi connectivity index (χ4v) is 5.19. The van der Waals surface area contributed by atoms with Crippen LogP contribution in [0.1, 0.15) is 6.42 Å². The Morgan fingerprint density at radius 1 is 1.03 bits per heavy atom. The van der Waals surface area contributed by atoms with Crippen LogP contribution in [0.15, 0.2) is 59.1 Å². The van der Waals surface area contributed by atoms with E-state index in [4.69, 9.17) is 9.47 Å². The van der Waals surface area contributed by atoms with Gasteiger partial charge in [-0.2, -0.15) is 0 Å². The van der Waals surface area contributed by atoms with Gasteiger partial charge in [-0.25, -0.2) is 10.3 Å². The number of rotatable bonds is 5. The first-order valence-electron chi connectivity index (χ1n) is 11.7. The first-order valence-corrected chi connectivity index (χ1v) is 12.5. The second kappa shape index (κ2) is 11.6. The molecule has 11 heteroatoms. The lowest BCUT2D eigenvalue weighted by Gasteiger charge is -2.45. The lowest BCUT2D eigenvalue weighted by Crippen LogP contribution is -2.64. The molecule has 192 valence electrons. The van der Waals surface area contributed by atoms with E-state index in [1.54, 1.807) is 28.6 Å². The molecule has 2 heterocycles. The van der Waals surface area contributed by atoms with Gasteiger partial charge in [0.1, 0.15) is 17.9 Å². The molecule has 4 rings (SSSR count). The van der Waals surface area contributed by atoms with Gasteiger partial charge in [0.05, 0.1) is 19.6 Å². The van der Waals surface area contributed by atoms with Crippen LogP contribution in [-0.2, 0) is 14.3 Å². The van der Waals surface area contributed by atoms with Gasteiger partial charge in [0.2, 0.25) is 11.8 Å². The summed E-state index contributed by atoms with van der Waals surface area (Å²) in [4.78, 5) is 44.3. The normalized spacial score (nSPS) is 22.1. The van der Waals surface area contributed by atoms with Crippen LogP contribution >= 0.6 is 15.9 Å². The van der Waals surface area contributed by atoms with Crippen molar-refractivity contribution in [3.8, 4) is 5.75 Å². The Balaban J connectivity index is 1.53. The predicted molar refractivity (Wildman–Crippen MR) is 135 cm³/mol. The van der Waals surface area contributed by atoms with Crippen molar-refractivity contribution in [2.24, 2.45) is 5.92 Å². The number of halogens is 1. The minimum absolute atomic E-state index is 0.0504. The van der Waals surface area contributed by atoms with E-state index >= 15 is 0 Å². The fourth-order valence-electron chi connectivity index (χ4n) is 4.81. The summed E-state index contributed by atoms with van der Waals surface area (Å²) >= 11 is 3.40. The van der Waals surface area contributed by atoms with E-state index in [0.29, 0.717) is 31.9 Å². The van der Waals surface area contributed by atoms with Crippen LogP contribution in [0, 0.1) is 5.92 Å². The molecule has 3 amide bonds. The summed E-state index contributed by atoms with van der Waals surface area (Å²) in [6, 6.07) is 16.0. The molecule has 0 spiro atoms. The van der Waals surface area contributed by atoms with Crippen molar-refractivity contribution in [2.75, 3.05) is 44.7 Å². The molecule has 0 aliphatic carbocycles. The Hall–Kier alpha value is -3.31. The number of benzene rings is 2. The number of nitrogens with one attached hydrogen (secondary N) is 1. The topological polar surface area (TPSA) is 112 Å². The first kappa shape index (κ1) is 25.8. The van der Waals surface area contributed by atoms with Gasteiger partial charge in [0.15, 0.2) is 0 Å². The monoisotopic (exact) mass is 560 g/mol. The van der Waals surface area contributed by atoms with Crippen molar-refractivity contribution in [2.45, 2.75) is 18.6 Å². The molecular formula is C25H29BrN4O6. The number of hydrogen-bond donors (Lipinski definition) is 2. The molecular weight excluding hydrogens is 532 g/mol. The molecule has 2 aliphatic rings. The zero-order valence-electron chi connectivity index (χ0n) is 19.9. The van der Waals surface area contributed by atoms with Crippen molar-refractivity contribution in [1.82, 2.24) is 15.3 Å². The van der Waals surface area contributed by atoms with E-state index in [1.165, 1.54) is 12.0 Å². The van der Waals surface area contributed by atoms with E-state index in [0.717, 1.165) is 10.2 Å². The average molecular weight is 561 g/mol. The van der Waals surface area contributed by atoms with Crippen molar-refractivity contribution < 1.29 is 29.1 Å². The third-order valence-electron chi connectivity index (χ3n) is 6.55. The Kier molecular flexibility index (Phi) is 8.32. The highest BCUT2D eigenvalue weighted by molar-refractivity contribution is 9.10. The average Bonchev–Trinajstić information content (AvgIpc) is 2.92. The Morgan fingerprint density at radius 3 is 2.39 bits per heavy atom. The SMILES string of the molecule is COC(=O)N1C[C@@H](Oc2cccc(Br)c2)C[C@H](C(=O)NO)[C@H]1C(=O)N1CCN(c2ccccc2)CC1. The summed E-state index contributed by atoms with van der Waals surface area (Å²) in [5, 5.41) is 9.44. The zero-order valence-corrected chi connectivity index (χ0v) is 21.5. The number of hydroxylamine groups is 1. The second-order valence-corrected chi connectivity index (χ2v) is 9.65. The van der Waals surface area contributed by atoms with Crippen LogP contribution in [0.3, 0.4) is 0 Å². The van der Waals surface area contributed by atoms with Crippen LogP contribution < -0.4 is 15.1 Å². The quantitative estimate of drug-likeness (QED) is 0.427. The molecule has 3 atom stereocenters. The number of nitrogens with zero attached hydrogens (tertiary/aromatic N) is 3. The van der Waals surface area contributed by atoms with Gasteiger partial charge >= 0.3 is 6.09 Å². The molecule has 0 unspecified atom stereocenters. The van der Waals surface area contributed by atoms with Gasteiger partial charge in [0.25, 0.3) is 0 Å². The smallest absolute Gasteiger partial charge is 0.410 e. The van der Waals surface area contributed by atoms with Gasteiger partial charge in [0, 0.05) is 42.8 Å². The summed E-state index contributed by atoms with van der Waals surface area (Å²) < 4.78 is 11.8. The van der Waals surface area contributed by atoms with Gasteiger partial charge in [-0.1, -0.05) is 40.2 Å². The zero-order chi connectivity index (χ0) is 25.7. The summed E-state index contributed by atoms with van der Waals surface area (Å²) in [5.74, 6) is -1.60. The number of carbonyl (C=O) groups excluding carboxylic acids is 3. The van der Waals surface area contributed by atoms with E-state index in [-0.39, 0.29) is 18.9 Å². The van der Waals surface area contributed by atoms with Gasteiger partial charge in [-0.3, -0.25) is 19.7 Å². The fraction of sp³-hybridized carbons (Fsp3) is 0.400. The van der Waals surface area contributed by atoms with E-state index in [9.17, 15) is 19.6 Å². The number of piperidine rings is 1. The Labute approximate surface area is 217 Å². The lowest BCUT2D eigenvalue weighted by molar-refractivity contribution is -0.151. The molecule has 0 saturated carbocycles. The first-order chi connectivity index (χ1) is 17.4. The second-order valence-electron chi connectivity index (χ2n) is 8.73. The number of ether oxygens (including phenoxy) is 2. The van der Waals surface area contributed by atoms with E-state index in [1.807, 2.05) is 36.4 Å². The number of methoxy groups -OCH3 is 1. The third kappa shape index (κ3) is 5.73. The van der Waals surface area contributed by atoms with Gasteiger partial charge in [-0.15, -0.1) is 0 Å². The number of para-hydroxylation sites is 1. The maximum Gasteiger partial charge on any atom is 0.410 e. The van der Waals surface area contributed by atoms with Crippen LogP contribution in [0.2, 0.25) is 0 Å². The van der Waals surface area contributed by atoms with Crippen molar-refractivity contribution >= 4 is 39.5 Å². The van der Waals surface area contributed by atoms with Crippen LogP contribution in [0.25, 0.3) is 0 Å². The number of piperazine rings is 1. The molecule has 0 radical (unpaired) electrons. The highest BCUT2D eigenvalue weighted by atomic mass is 79.9. The number of hydrogen-bond acceptors (Lipinski definition) is 7. The molecule has 36 heavy (non-hydrogen) atoms. The number of anilines is 1. The Bertz CT molecular complexity index is 1050. The Morgan fingerprint density at radius 2 is 1.75 bits per heavy atom. The largest absolute Gasteiger partial charge is 0.489 e. The minimum atomic E-state index is -1.13. The lowest BCUT2D eigenvalue weighted by atomic mass is 9.86. The number of carbonyl (C=O) groups is 3. The highest BCUT2D eigenvalue weighted by Crippen LogP contribution is 2.30. The summed E-state index contributed by atoms with van der Waals surface area (Å²) in [6.07, 6.45) is -1.21. The van der Waals surface area contributed by atoms with Crippen LogP contribution in [0.5, 0.6) is 5.75 Å². The van der Waals surface area contributed by atoms with Crippen molar-refractivity contribution in [3.63, 3.8) is 0 Å². The molecule has 2 N–H and O–H groups in total. The third-order valence-corrected chi connectivity index (χ3v) is 7.05. The predicted octanol–water partition coefficient (Wildman–Crippen LogP) is 2.51. The van der Waals surface area contributed by atoms with Crippen molar-refractivity contribution in [3.05, 3.63) is 59.1 Å². The molecule has 10 nitrogen and oxygen atoms in total. The molecule has 2 aromatic rings. The molecule has 0 aromatic heterocycles. The van der Waals surface area contributed by atoms with E-state index < -0.39 is 30.1 Å². The van der Waals surface area contributed by atoms with Gasteiger partial charge < -0.3 is 19.3 Å². The summed E-state index contributed by atoms with van der Waals surface area (Å²) in [5.41, 5.74) is 2.74. The molecule has 2 aromatic carbocycles. The molecule has 0 bridgehead atoms. The summed E-state index contributed by atoms with van der Waals surface area (Å²) in [7, 11) is 1.22. The maximum atomic E-state index is 13.7. The van der Waals surface area contributed by atoms with Crippen LogP contribution in [0.4, 0.5) is 10.5 Å². The number of amides is 3. The number of likely N-dealkylation sites (tertiary alicyclic amines) is 1.